The molecule has 3 rings (SSSR count). The van der Waals surface area contributed by atoms with Gasteiger partial charge in [-0.05, 0) is 37.5 Å². The first kappa shape index (κ1) is 13.5. The largest absolute Gasteiger partial charge is 0.392 e. The van der Waals surface area contributed by atoms with Crippen molar-refractivity contribution in [3.8, 4) is 0 Å². The first-order chi connectivity index (χ1) is 9.33. The minimum Gasteiger partial charge on any atom is -0.392 e. The summed E-state index contributed by atoms with van der Waals surface area (Å²) < 4.78 is 2.13. The van der Waals surface area contributed by atoms with Crippen molar-refractivity contribution in [1.29, 1.82) is 0 Å². The van der Waals surface area contributed by atoms with Gasteiger partial charge in [-0.15, -0.1) is 0 Å². The van der Waals surface area contributed by atoms with E-state index in [1.165, 1.54) is 44.3 Å². The van der Waals surface area contributed by atoms with Crippen LogP contribution in [0.5, 0.6) is 0 Å². The lowest BCUT2D eigenvalue weighted by molar-refractivity contribution is 0.164. The number of aliphatic hydroxyl groups excluding tert-OH is 1. The molecule has 1 saturated heterocycles. The predicted octanol–water partition coefficient (Wildman–Crippen LogP) is 3.19. The first-order valence-electron chi connectivity index (χ1n) is 7.66. The van der Waals surface area contributed by atoms with Gasteiger partial charge in [0.1, 0.15) is 0 Å². The molecule has 0 bridgehead atoms. The van der Waals surface area contributed by atoms with Crippen LogP contribution in [0.4, 0.5) is 0 Å². The molecule has 0 amide bonds. The standard InChI is InChI=1S/C15H24N2OS/c18-14(15-7-3-4-10-19-15)11-12-8-9-17(16-12)13-5-1-2-6-13/h8-9,13-15,18H,1-7,10-11H2. The summed E-state index contributed by atoms with van der Waals surface area (Å²) in [5.74, 6) is 1.21. The van der Waals surface area contributed by atoms with E-state index < -0.39 is 0 Å². The molecule has 2 fully saturated rings. The summed E-state index contributed by atoms with van der Waals surface area (Å²) in [6.07, 6.45) is 11.5. The van der Waals surface area contributed by atoms with Crippen LogP contribution in [0.3, 0.4) is 0 Å². The van der Waals surface area contributed by atoms with Crippen LogP contribution in [0.15, 0.2) is 12.3 Å². The van der Waals surface area contributed by atoms with E-state index in [1.807, 2.05) is 11.8 Å². The van der Waals surface area contributed by atoms with Crippen molar-refractivity contribution in [2.75, 3.05) is 5.75 Å². The molecule has 2 atom stereocenters. The minimum absolute atomic E-state index is 0.225. The van der Waals surface area contributed by atoms with Gasteiger partial charge in [0.25, 0.3) is 0 Å². The predicted molar refractivity (Wildman–Crippen MR) is 79.5 cm³/mol. The summed E-state index contributed by atoms with van der Waals surface area (Å²) in [6, 6.07) is 2.70. The molecular weight excluding hydrogens is 256 g/mol. The number of aromatic nitrogens is 2. The summed E-state index contributed by atoms with van der Waals surface area (Å²) in [5, 5.41) is 15.4. The molecule has 0 aromatic carbocycles. The van der Waals surface area contributed by atoms with Gasteiger partial charge in [0.15, 0.2) is 0 Å². The highest BCUT2D eigenvalue weighted by Crippen LogP contribution is 2.30. The third-order valence-electron chi connectivity index (χ3n) is 4.42. The number of aliphatic hydroxyl groups is 1. The van der Waals surface area contributed by atoms with Crippen LogP contribution in [0.1, 0.15) is 56.7 Å². The fourth-order valence-electron chi connectivity index (χ4n) is 3.27. The van der Waals surface area contributed by atoms with Crippen molar-refractivity contribution in [3.05, 3.63) is 18.0 Å². The second-order valence-electron chi connectivity index (χ2n) is 5.90. The maximum Gasteiger partial charge on any atom is 0.0714 e. The van der Waals surface area contributed by atoms with E-state index in [1.54, 1.807) is 0 Å². The average molecular weight is 280 g/mol. The van der Waals surface area contributed by atoms with Gasteiger partial charge in [0, 0.05) is 17.9 Å². The van der Waals surface area contributed by atoms with Gasteiger partial charge in [-0.3, -0.25) is 4.68 Å². The van der Waals surface area contributed by atoms with Crippen molar-refractivity contribution < 1.29 is 5.11 Å². The van der Waals surface area contributed by atoms with Gasteiger partial charge in [0.05, 0.1) is 17.8 Å². The maximum absolute atomic E-state index is 10.3. The molecule has 2 unspecified atom stereocenters. The molecular formula is C15H24N2OS. The molecule has 106 valence electrons. The number of rotatable bonds is 4. The smallest absolute Gasteiger partial charge is 0.0714 e. The third kappa shape index (κ3) is 3.34. The second kappa shape index (κ2) is 6.31. The molecule has 1 aliphatic carbocycles. The highest BCUT2D eigenvalue weighted by Gasteiger charge is 2.24. The molecule has 0 spiro atoms. The topological polar surface area (TPSA) is 38.0 Å². The number of hydrogen-bond donors (Lipinski definition) is 1. The lowest BCUT2D eigenvalue weighted by Crippen LogP contribution is -2.28. The lowest BCUT2D eigenvalue weighted by atomic mass is 10.1. The monoisotopic (exact) mass is 280 g/mol. The highest BCUT2D eigenvalue weighted by atomic mass is 32.2. The van der Waals surface area contributed by atoms with Crippen molar-refractivity contribution in [1.82, 2.24) is 9.78 Å². The van der Waals surface area contributed by atoms with Crippen LogP contribution in [0.2, 0.25) is 0 Å². The molecule has 2 heterocycles. The van der Waals surface area contributed by atoms with E-state index >= 15 is 0 Å². The molecule has 1 N–H and O–H groups in total. The lowest BCUT2D eigenvalue weighted by Gasteiger charge is -2.25. The normalized spacial score (nSPS) is 26.7. The Labute approximate surface area is 119 Å². The van der Waals surface area contributed by atoms with Gasteiger partial charge in [-0.1, -0.05) is 19.3 Å². The molecule has 1 saturated carbocycles. The zero-order chi connectivity index (χ0) is 13.1. The molecule has 1 aromatic heterocycles. The fraction of sp³-hybridized carbons (Fsp3) is 0.800. The SMILES string of the molecule is OC(Cc1ccn(C2CCCC2)n1)C1CCCCS1. The maximum atomic E-state index is 10.3. The van der Waals surface area contributed by atoms with Gasteiger partial charge in [-0.2, -0.15) is 16.9 Å². The van der Waals surface area contributed by atoms with Crippen LogP contribution >= 0.6 is 11.8 Å². The first-order valence-corrected chi connectivity index (χ1v) is 8.71. The van der Waals surface area contributed by atoms with Gasteiger partial charge < -0.3 is 5.11 Å². The third-order valence-corrected chi connectivity index (χ3v) is 5.93. The molecule has 1 aliphatic heterocycles. The molecule has 4 heteroatoms. The molecule has 0 radical (unpaired) electrons. The Morgan fingerprint density at radius 1 is 1.26 bits per heavy atom. The van der Waals surface area contributed by atoms with Crippen molar-refractivity contribution >= 4 is 11.8 Å². The van der Waals surface area contributed by atoms with Gasteiger partial charge >= 0.3 is 0 Å². The molecule has 2 aliphatic rings. The minimum atomic E-state index is -0.225. The van der Waals surface area contributed by atoms with Crippen molar-refractivity contribution in [2.24, 2.45) is 0 Å². The zero-order valence-corrected chi connectivity index (χ0v) is 12.3. The summed E-state index contributed by atoms with van der Waals surface area (Å²) in [5.41, 5.74) is 1.06. The molecule has 1 aromatic rings. The van der Waals surface area contributed by atoms with Crippen molar-refractivity contribution in [3.63, 3.8) is 0 Å². The number of thioether (sulfide) groups is 1. The van der Waals surface area contributed by atoms with E-state index in [2.05, 4.69) is 22.0 Å². The van der Waals surface area contributed by atoms with Crippen LogP contribution in [-0.4, -0.2) is 32.0 Å². The van der Waals surface area contributed by atoms with Gasteiger partial charge in [0.2, 0.25) is 0 Å². The number of nitrogens with zero attached hydrogens (tertiary/aromatic N) is 2. The van der Waals surface area contributed by atoms with Crippen LogP contribution in [0.25, 0.3) is 0 Å². The van der Waals surface area contributed by atoms with E-state index in [4.69, 9.17) is 0 Å². The Morgan fingerprint density at radius 3 is 2.79 bits per heavy atom. The Morgan fingerprint density at radius 2 is 2.05 bits per heavy atom. The van der Waals surface area contributed by atoms with Crippen LogP contribution in [-0.2, 0) is 6.42 Å². The fourth-order valence-corrected chi connectivity index (χ4v) is 4.60. The molecule has 3 nitrogen and oxygen atoms in total. The van der Waals surface area contributed by atoms with Crippen LogP contribution in [0, 0.1) is 0 Å². The van der Waals surface area contributed by atoms with E-state index in [9.17, 15) is 5.11 Å². The summed E-state index contributed by atoms with van der Waals surface area (Å²) >= 11 is 1.94. The quantitative estimate of drug-likeness (QED) is 0.920. The summed E-state index contributed by atoms with van der Waals surface area (Å²) in [4.78, 5) is 0. The molecule has 19 heavy (non-hydrogen) atoms. The Bertz CT molecular complexity index is 395. The Kier molecular flexibility index (Phi) is 4.49. The van der Waals surface area contributed by atoms with Crippen molar-refractivity contribution in [2.45, 2.75) is 68.8 Å². The summed E-state index contributed by atoms with van der Waals surface area (Å²) in [6.45, 7) is 0. The number of hydrogen-bond acceptors (Lipinski definition) is 3. The zero-order valence-electron chi connectivity index (χ0n) is 11.5. The Hall–Kier alpha value is -0.480. The average Bonchev–Trinajstić information content (AvgIpc) is 3.10. The Balaban J connectivity index is 1.56. The summed E-state index contributed by atoms with van der Waals surface area (Å²) in [7, 11) is 0. The van der Waals surface area contributed by atoms with Crippen LogP contribution < -0.4 is 0 Å². The van der Waals surface area contributed by atoms with E-state index in [-0.39, 0.29) is 6.10 Å². The van der Waals surface area contributed by atoms with E-state index in [0.29, 0.717) is 11.3 Å². The highest BCUT2D eigenvalue weighted by molar-refractivity contribution is 8.00. The van der Waals surface area contributed by atoms with Gasteiger partial charge in [-0.25, -0.2) is 0 Å². The second-order valence-corrected chi connectivity index (χ2v) is 7.25. The van der Waals surface area contributed by atoms with E-state index in [0.717, 1.165) is 18.5 Å².